The van der Waals surface area contributed by atoms with E-state index in [9.17, 15) is 4.79 Å². The van der Waals surface area contributed by atoms with Gasteiger partial charge >= 0.3 is 0 Å². The Morgan fingerprint density at radius 1 is 1.21 bits per heavy atom. The lowest BCUT2D eigenvalue weighted by Gasteiger charge is -2.39. The molecular formula is C15H19NO2S. The van der Waals surface area contributed by atoms with E-state index in [1.54, 1.807) is 7.11 Å². The minimum atomic E-state index is 0.260. The summed E-state index contributed by atoms with van der Waals surface area (Å²) in [5, 5.41) is 0. The first-order valence-corrected chi connectivity index (χ1v) is 7.88. The average Bonchev–Trinajstić information content (AvgIpc) is 2.41. The van der Waals surface area contributed by atoms with Gasteiger partial charge in [0.25, 0.3) is 0 Å². The Morgan fingerprint density at radius 2 is 1.84 bits per heavy atom. The summed E-state index contributed by atoms with van der Waals surface area (Å²) in [7, 11) is 1.68. The van der Waals surface area contributed by atoms with Gasteiger partial charge in [-0.1, -0.05) is 12.1 Å². The van der Waals surface area contributed by atoms with Crippen LogP contribution in [0.25, 0.3) is 0 Å². The van der Waals surface area contributed by atoms with Crippen LogP contribution in [0.1, 0.15) is 5.56 Å². The summed E-state index contributed by atoms with van der Waals surface area (Å²) in [6, 6.07) is 8.22. The maximum Gasteiger partial charge on any atom is 0.143 e. The van der Waals surface area contributed by atoms with Crippen LogP contribution in [0.5, 0.6) is 5.75 Å². The van der Waals surface area contributed by atoms with Crippen molar-refractivity contribution >= 4 is 17.5 Å². The van der Waals surface area contributed by atoms with Crippen molar-refractivity contribution in [3.63, 3.8) is 0 Å². The van der Waals surface area contributed by atoms with Crippen molar-refractivity contribution in [1.29, 1.82) is 0 Å². The lowest BCUT2D eigenvalue weighted by atomic mass is 9.89. The summed E-state index contributed by atoms with van der Waals surface area (Å²) in [5.74, 6) is 3.94. The fraction of sp³-hybridized carbons (Fsp3) is 0.533. The van der Waals surface area contributed by atoms with Crippen molar-refractivity contribution in [2.24, 2.45) is 11.8 Å². The number of thioether (sulfide) groups is 1. The molecule has 2 bridgehead atoms. The van der Waals surface area contributed by atoms with Crippen molar-refractivity contribution in [1.82, 2.24) is 4.90 Å². The quantitative estimate of drug-likeness (QED) is 0.846. The number of ketones is 1. The Kier molecular flexibility index (Phi) is 3.80. The van der Waals surface area contributed by atoms with E-state index in [0.717, 1.165) is 36.9 Å². The minimum absolute atomic E-state index is 0.260. The number of methoxy groups -OCH3 is 1. The number of nitrogens with zero attached hydrogens (tertiary/aromatic N) is 1. The third-order valence-electron chi connectivity index (χ3n) is 3.97. The van der Waals surface area contributed by atoms with Gasteiger partial charge in [-0.2, -0.15) is 11.8 Å². The zero-order chi connectivity index (χ0) is 13.2. The van der Waals surface area contributed by atoms with Crippen LogP contribution in [0.15, 0.2) is 24.3 Å². The smallest absolute Gasteiger partial charge is 0.143 e. The first kappa shape index (κ1) is 13.0. The highest BCUT2D eigenvalue weighted by molar-refractivity contribution is 7.99. The van der Waals surface area contributed by atoms with Crippen LogP contribution >= 0.6 is 11.8 Å². The Balaban J connectivity index is 1.65. The molecule has 2 fully saturated rings. The third kappa shape index (κ3) is 2.79. The monoisotopic (exact) mass is 277 g/mol. The predicted octanol–water partition coefficient (Wildman–Crippen LogP) is 2.06. The number of piperidine rings is 1. The molecule has 0 amide bonds. The maximum atomic E-state index is 12.0. The topological polar surface area (TPSA) is 29.5 Å². The maximum absolute atomic E-state index is 12.0. The van der Waals surface area contributed by atoms with E-state index >= 15 is 0 Å². The number of rotatable bonds is 3. The fourth-order valence-corrected chi connectivity index (χ4v) is 4.20. The number of carbonyl (C=O) groups excluding carboxylic acids is 1. The highest BCUT2D eigenvalue weighted by Crippen LogP contribution is 2.30. The van der Waals surface area contributed by atoms with Crippen molar-refractivity contribution in [2.45, 2.75) is 6.54 Å². The molecule has 0 spiro atoms. The number of Topliss-reactive ketones (excluding diaryl/α,β-unsaturated/α-hetero) is 1. The van der Waals surface area contributed by atoms with Crippen LogP contribution < -0.4 is 4.74 Å². The summed E-state index contributed by atoms with van der Waals surface area (Å²) < 4.78 is 5.17. The third-order valence-corrected chi connectivity index (χ3v) is 5.24. The molecular weight excluding hydrogens is 258 g/mol. The predicted molar refractivity (Wildman–Crippen MR) is 77.6 cm³/mol. The molecule has 0 radical (unpaired) electrons. The lowest BCUT2D eigenvalue weighted by Crippen LogP contribution is -2.50. The highest BCUT2D eigenvalue weighted by atomic mass is 32.2. The summed E-state index contributed by atoms with van der Waals surface area (Å²) >= 11 is 1.94. The zero-order valence-corrected chi connectivity index (χ0v) is 12.0. The number of ether oxygens (including phenoxy) is 1. The molecule has 2 aliphatic rings. The van der Waals surface area contributed by atoms with Gasteiger partial charge in [-0.15, -0.1) is 0 Å². The van der Waals surface area contributed by atoms with Gasteiger partial charge in [-0.05, 0) is 17.7 Å². The molecule has 4 heteroatoms. The van der Waals surface area contributed by atoms with E-state index in [4.69, 9.17) is 4.74 Å². The fourth-order valence-electron chi connectivity index (χ4n) is 2.95. The molecule has 0 saturated carbocycles. The summed E-state index contributed by atoms with van der Waals surface area (Å²) in [5.41, 5.74) is 1.29. The largest absolute Gasteiger partial charge is 0.497 e. The lowest BCUT2D eigenvalue weighted by molar-refractivity contribution is -0.130. The molecule has 2 atom stereocenters. The second-order valence-corrected chi connectivity index (χ2v) is 6.45. The molecule has 1 aromatic carbocycles. The van der Waals surface area contributed by atoms with Gasteiger partial charge in [-0.25, -0.2) is 0 Å². The molecule has 2 heterocycles. The normalized spacial score (nSPS) is 27.3. The summed E-state index contributed by atoms with van der Waals surface area (Å²) in [6.45, 7) is 2.79. The van der Waals surface area contributed by atoms with Gasteiger partial charge in [0.2, 0.25) is 0 Å². The molecule has 102 valence electrons. The number of hydrogen-bond donors (Lipinski definition) is 0. The number of fused-ring (bicyclic) bond motifs is 2. The van der Waals surface area contributed by atoms with Gasteiger partial charge in [0.05, 0.1) is 7.11 Å². The van der Waals surface area contributed by atoms with E-state index in [1.165, 1.54) is 5.56 Å². The molecule has 0 aromatic heterocycles. The number of hydrogen-bond acceptors (Lipinski definition) is 4. The van der Waals surface area contributed by atoms with Crippen LogP contribution in [-0.4, -0.2) is 42.4 Å². The van der Waals surface area contributed by atoms with Crippen molar-refractivity contribution < 1.29 is 9.53 Å². The SMILES string of the molecule is COc1ccc(CN2C[C@H]3CSC[C@@H](C2)C3=O)cc1. The molecule has 2 aliphatic heterocycles. The molecule has 0 unspecified atom stereocenters. The minimum Gasteiger partial charge on any atom is -0.497 e. The average molecular weight is 277 g/mol. The molecule has 3 rings (SSSR count). The number of carbonyl (C=O) groups is 1. The van der Waals surface area contributed by atoms with E-state index in [2.05, 4.69) is 17.0 Å². The van der Waals surface area contributed by atoms with Gasteiger partial charge in [0.1, 0.15) is 11.5 Å². The van der Waals surface area contributed by atoms with E-state index < -0.39 is 0 Å². The molecule has 2 saturated heterocycles. The van der Waals surface area contributed by atoms with Crippen LogP contribution in [-0.2, 0) is 11.3 Å². The van der Waals surface area contributed by atoms with Crippen LogP contribution in [0.3, 0.4) is 0 Å². The summed E-state index contributed by atoms with van der Waals surface area (Å²) in [6.07, 6.45) is 0. The van der Waals surface area contributed by atoms with Crippen molar-refractivity contribution in [2.75, 3.05) is 31.7 Å². The Morgan fingerprint density at radius 3 is 2.42 bits per heavy atom. The van der Waals surface area contributed by atoms with E-state index in [0.29, 0.717) is 5.78 Å². The second-order valence-electron chi connectivity index (χ2n) is 5.38. The van der Waals surface area contributed by atoms with Gasteiger partial charge in [0.15, 0.2) is 0 Å². The van der Waals surface area contributed by atoms with Gasteiger partial charge in [-0.3, -0.25) is 9.69 Å². The molecule has 3 nitrogen and oxygen atoms in total. The standard InChI is InChI=1S/C15H19NO2S/c1-18-14-4-2-11(3-5-14)6-16-7-12-9-19-10-13(8-16)15(12)17/h2-5,12-13H,6-10H2,1H3/t12-,13+. The first-order chi connectivity index (χ1) is 9.26. The molecule has 0 aliphatic carbocycles. The van der Waals surface area contributed by atoms with E-state index in [1.807, 2.05) is 23.9 Å². The Bertz CT molecular complexity index is 444. The number of benzene rings is 1. The van der Waals surface area contributed by atoms with Crippen molar-refractivity contribution in [3.8, 4) is 5.75 Å². The second kappa shape index (κ2) is 5.55. The Hall–Kier alpha value is -1.00. The number of likely N-dealkylation sites (tertiary alicyclic amines) is 1. The van der Waals surface area contributed by atoms with Crippen LogP contribution in [0, 0.1) is 11.8 Å². The van der Waals surface area contributed by atoms with E-state index in [-0.39, 0.29) is 11.8 Å². The Labute approximate surface area is 118 Å². The molecule has 19 heavy (non-hydrogen) atoms. The van der Waals surface area contributed by atoms with Gasteiger partial charge in [0, 0.05) is 43.0 Å². The van der Waals surface area contributed by atoms with Crippen LogP contribution in [0.2, 0.25) is 0 Å². The molecule has 0 N–H and O–H groups in total. The highest BCUT2D eigenvalue weighted by Gasteiger charge is 2.38. The van der Waals surface area contributed by atoms with Gasteiger partial charge < -0.3 is 4.74 Å². The first-order valence-electron chi connectivity index (χ1n) is 6.73. The zero-order valence-electron chi connectivity index (χ0n) is 11.2. The molecule has 1 aromatic rings. The summed E-state index contributed by atoms with van der Waals surface area (Å²) in [4.78, 5) is 14.5. The van der Waals surface area contributed by atoms with Crippen molar-refractivity contribution in [3.05, 3.63) is 29.8 Å². The van der Waals surface area contributed by atoms with Crippen LogP contribution in [0.4, 0.5) is 0 Å².